The lowest BCUT2D eigenvalue weighted by molar-refractivity contribution is 0.355. The number of nitrogens with zero attached hydrogens (tertiary/aromatic N) is 2. The van der Waals surface area contributed by atoms with Crippen LogP contribution in [0, 0.1) is 19.3 Å². The van der Waals surface area contributed by atoms with Crippen LogP contribution in [0.25, 0.3) is 22.2 Å². The number of benzene rings is 2. The molecule has 2 aromatic heterocycles. The highest BCUT2D eigenvalue weighted by atomic mass is 35.5. The van der Waals surface area contributed by atoms with Gasteiger partial charge in [-0.25, -0.2) is 14.4 Å². The minimum Gasteiger partial charge on any atom is -0.487 e. The van der Waals surface area contributed by atoms with Gasteiger partial charge in [-0.3, -0.25) is 0 Å². The molecule has 0 aliphatic rings. The number of ether oxygens (including phenoxy) is 1. The molecule has 7 heteroatoms. The predicted octanol–water partition coefficient (Wildman–Crippen LogP) is 7.41. The van der Waals surface area contributed by atoms with E-state index >= 15 is 0 Å². The summed E-state index contributed by atoms with van der Waals surface area (Å²) in [6.07, 6.45) is 9.57. The molecular weight excluding hydrogens is 453 g/mol. The van der Waals surface area contributed by atoms with E-state index in [0.29, 0.717) is 22.2 Å². The number of aryl methyl sites for hydroxylation is 1. The fraction of sp³-hybridized carbons (Fsp3) is 0.111. The summed E-state index contributed by atoms with van der Waals surface area (Å²) in [6.45, 7) is 3.33. The summed E-state index contributed by atoms with van der Waals surface area (Å²) in [5.74, 6) is 4.70. The molecule has 0 atom stereocenters. The quantitative estimate of drug-likeness (QED) is 0.224. The van der Waals surface area contributed by atoms with Crippen LogP contribution in [0.1, 0.15) is 12.7 Å². The van der Waals surface area contributed by atoms with Gasteiger partial charge in [0.15, 0.2) is 0 Å². The monoisotopic (exact) mass is 473 g/mol. The smallest absolute Gasteiger partial charge is 0.141 e. The molecule has 0 saturated heterocycles. The molecule has 0 aliphatic carbocycles. The molecule has 0 amide bonds. The SMILES string of the molecule is C#C/C=C(\C=C(/C)F)COc1ccc(Nc2ncnc3ccc(-c4ccc(C)o4)cc23)cc1Cl. The first-order valence-corrected chi connectivity index (χ1v) is 10.8. The van der Waals surface area contributed by atoms with Crippen molar-refractivity contribution in [2.45, 2.75) is 13.8 Å². The third-order valence-corrected chi connectivity index (χ3v) is 5.20. The van der Waals surface area contributed by atoms with E-state index < -0.39 is 0 Å². The van der Waals surface area contributed by atoms with Gasteiger partial charge in [0.25, 0.3) is 0 Å². The van der Waals surface area contributed by atoms with Crippen molar-refractivity contribution >= 4 is 34.0 Å². The molecule has 0 bridgehead atoms. The Hall–Kier alpha value is -4.08. The Morgan fingerprint density at radius 2 is 2.06 bits per heavy atom. The van der Waals surface area contributed by atoms with Gasteiger partial charge in [0.2, 0.25) is 0 Å². The first kappa shape index (κ1) is 23.1. The standard InChI is InChI=1S/C27H21ClFN3O2/c1-4-5-19(12-17(2)29)15-33-26-11-8-21(14-23(26)28)32-27-22-13-20(25-10-6-18(3)34-25)7-9-24(22)30-16-31-27/h1,5-14,16H,15H2,2-3H3,(H,30,31,32)/b17-12+,19-5+. The summed E-state index contributed by atoms with van der Waals surface area (Å²) < 4.78 is 24.7. The van der Waals surface area contributed by atoms with Crippen LogP contribution in [0.15, 0.2) is 82.8 Å². The molecule has 0 aliphatic heterocycles. The summed E-state index contributed by atoms with van der Waals surface area (Å²) >= 11 is 6.43. The van der Waals surface area contributed by atoms with Crippen LogP contribution < -0.4 is 10.1 Å². The molecule has 4 rings (SSSR count). The molecule has 0 unspecified atom stereocenters. The van der Waals surface area contributed by atoms with E-state index in [4.69, 9.17) is 27.2 Å². The lowest BCUT2D eigenvalue weighted by Gasteiger charge is -2.12. The topological polar surface area (TPSA) is 60.2 Å². The number of anilines is 2. The molecule has 4 aromatic rings. The molecule has 5 nitrogen and oxygen atoms in total. The zero-order chi connectivity index (χ0) is 24.1. The van der Waals surface area contributed by atoms with Crippen molar-refractivity contribution in [1.82, 2.24) is 9.97 Å². The van der Waals surface area contributed by atoms with Crippen molar-refractivity contribution in [2.24, 2.45) is 0 Å². The van der Waals surface area contributed by atoms with E-state index in [1.165, 1.54) is 25.4 Å². The Kier molecular flexibility index (Phi) is 6.95. The number of hydrogen-bond donors (Lipinski definition) is 1. The second kappa shape index (κ2) is 10.2. The third-order valence-electron chi connectivity index (χ3n) is 4.90. The van der Waals surface area contributed by atoms with Gasteiger partial charge < -0.3 is 14.5 Å². The summed E-state index contributed by atoms with van der Waals surface area (Å²) in [6, 6.07) is 15.0. The molecule has 170 valence electrons. The molecule has 2 aromatic carbocycles. The zero-order valence-electron chi connectivity index (χ0n) is 18.6. The lowest BCUT2D eigenvalue weighted by Crippen LogP contribution is -2.01. The Labute approximate surface area is 201 Å². The van der Waals surface area contributed by atoms with E-state index in [2.05, 4.69) is 21.2 Å². The van der Waals surface area contributed by atoms with Gasteiger partial charge in [-0.05, 0) is 74.5 Å². The van der Waals surface area contributed by atoms with Gasteiger partial charge in [0.1, 0.15) is 36.0 Å². The number of halogens is 2. The fourth-order valence-electron chi connectivity index (χ4n) is 3.38. The predicted molar refractivity (Wildman–Crippen MR) is 134 cm³/mol. The van der Waals surface area contributed by atoms with Crippen LogP contribution in [0.4, 0.5) is 15.9 Å². The molecule has 34 heavy (non-hydrogen) atoms. The van der Waals surface area contributed by atoms with Crippen LogP contribution in [0.3, 0.4) is 0 Å². The van der Waals surface area contributed by atoms with E-state index in [9.17, 15) is 4.39 Å². The summed E-state index contributed by atoms with van der Waals surface area (Å²) in [4.78, 5) is 8.76. The number of allylic oxidation sites excluding steroid dienone is 2. The van der Waals surface area contributed by atoms with Gasteiger partial charge >= 0.3 is 0 Å². The number of furan rings is 1. The van der Waals surface area contributed by atoms with E-state index in [1.807, 2.05) is 43.3 Å². The normalized spacial score (nSPS) is 12.0. The van der Waals surface area contributed by atoms with E-state index in [1.54, 1.807) is 12.1 Å². The minimum atomic E-state index is -0.363. The van der Waals surface area contributed by atoms with Crippen LogP contribution in [-0.2, 0) is 0 Å². The Morgan fingerprint density at radius 1 is 1.21 bits per heavy atom. The average Bonchev–Trinajstić information content (AvgIpc) is 3.24. The van der Waals surface area contributed by atoms with Gasteiger partial charge in [0.05, 0.1) is 16.4 Å². The number of aromatic nitrogens is 2. The fourth-order valence-corrected chi connectivity index (χ4v) is 3.62. The zero-order valence-corrected chi connectivity index (χ0v) is 19.4. The average molecular weight is 474 g/mol. The molecule has 2 heterocycles. The van der Waals surface area contributed by atoms with Gasteiger partial charge in [-0.2, -0.15) is 0 Å². The van der Waals surface area contributed by atoms with Crippen LogP contribution in [0.2, 0.25) is 5.02 Å². The molecule has 0 spiro atoms. The second-order valence-corrected chi connectivity index (χ2v) is 7.95. The van der Waals surface area contributed by atoms with Crippen molar-refractivity contribution in [2.75, 3.05) is 11.9 Å². The maximum Gasteiger partial charge on any atom is 0.141 e. The maximum atomic E-state index is 13.2. The number of terminal acetylenes is 1. The van der Waals surface area contributed by atoms with E-state index in [0.717, 1.165) is 33.7 Å². The van der Waals surface area contributed by atoms with Gasteiger partial charge in [-0.15, -0.1) is 6.42 Å². The van der Waals surface area contributed by atoms with Crippen LogP contribution >= 0.6 is 11.6 Å². The maximum absolute atomic E-state index is 13.2. The number of rotatable bonds is 7. The largest absolute Gasteiger partial charge is 0.487 e. The van der Waals surface area contributed by atoms with Crippen molar-refractivity contribution in [1.29, 1.82) is 0 Å². The van der Waals surface area contributed by atoms with Crippen molar-refractivity contribution in [3.05, 3.63) is 89.2 Å². The van der Waals surface area contributed by atoms with Gasteiger partial charge in [0, 0.05) is 22.2 Å². The molecule has 1 N–H and O–H groups in total. The van der Waals surface area contributed by atoms with Crippen molar-refractivity contribution < 1.29 is 13.5 Å². The van der Waals surface area contributed by atoms with Crippen molar-refractivity contribution in [3.8, 4) is 29.4 Å². The Balaban J connectivity index is 1.56. The summed E-state index contributed by atoms with van der Waals surface area (Å²) in [5, 5.41) is 4.51. The number of fused-ring (bicyclic) bond motifs is 1. The highest BCUT2D eigenvalue weighted by molar-refractivity contribution is 6.32. The highest BCUT2D eigenvalue weighted by Gasteiger charge is 2.10. The minimum absolute atomic E-state index is 0.0868. The Bertz CT molecular complexity index is 1450. The second-order valence-electron chi connectivity index (χ2n) is 7.54. The molecule has 0 fully saturated rings. The summed E-state index contributed by atoms with van der Waals surface area (Å²) in [5.41, 5.74) is 2.96. The molecular formula is C27H21ClFN3O2. The highest BCUT2D eigenvalue weighted by Crippen LogP contribution is 2.32. The number of nitrogens with one attached hydrogen (secondary N) is 1. The van der Waals surface area contributed by atoms with Crippen LogP contribution in [-0.4, -0.2) is 16.6 Å². The van der Waals surface area contributed by atoms with Crippen LogP contribution in [0.5, 0.6) is 5.75 Å². The summed E-state index contributed by atoms with van der Waals surface area (Å²) in [7, 11) is 0. The molecule has 0 radical (unpaired) electrons. The van der Waals surface area contributed by atoms with Gasteiger partial charge in [-0.1, -0.05) is 17.5 Å². The Morgan fingerprint density at radius 3 is 2.76 bits per heavy atom. The lowest BCUT2D eigenvalue weighted by atomic mass is 10.1. The van der Waals surface area contributed by atoms with E-state index in [-0.39, 0.29) is 12.4 Å². The molecule has 0 saturated carbocycles. The van der Waals surface area contributed by atoms with Crippen molar-refractivity contribution in [3.63, 3.8) is 0 Å². The first-order chi connectivity index (χ1) is 16.4. The first-order valence-electron chi connectivity index (χ1n) is 10.4. The third kappa shape index (κ3) is 5.45. The number of hydrogen-bond acceptors (Lipinski definition) is 5.